The van der Waals surface area contributed by atoms with Gasteiger partial charge in [-0.2, -0.15) is 0 Å². The normalized spacial score (nSPS) is 18.7. The van der Waals surface area contributed by atoms with Crippen LogP contribution in [0.2, 0.25) is 0 Å². The van der Waals surface area contributed by atoms with Gasteiger partial charge in [-0.15, -0.1) is 0 Å². The Kier molecular flexibility index (Phi) is 15.7. The highest BCUT2D eigenvalue weighted by Crippen LogP contribution is 2.30. The zero-order valence-electron chi connectivity index (χ0n) is 27.3. The lowest BCUT2D eigenvalue weighted by molar-refractivity contribution is 0.00430. The van der Waals surface area contributed by atoms with Gasteiger partial charge in [0.05, 0.1) is 90.7 Å². The van der Waals surface area contributed by atoms with E-state index in [9.17, 15) is 0 Å². The molecule has 0 amide bonds. The first-order valence-electron chi connectivity index (χ1n) is 16.3. The van der Waals surface area contributed by atoms with Crippen molar-refractivity contribution in [1.29, 1.82) is 0 Å². The van der Waals surface area contributed by atoms with Crippen LogP contribution < -0.4 is 28.4 Å². The Morgan fingerprint density at radius 1 is 0.312 bits per heavy atom. The molecule has 0 aliphatic carbocycles. The Labute approximate surface area is 281 Å². The molecule has 0 radical (unpaired) electrons. The Morgan fingerprint density at radius 2 is 0.562 bits per heavy atom. The maximum absolute atomic E-state index is 6.14. The highest BCUT2D eigenvalue weighted by Gasteiger charge is 2.10. The minimum absolute atomic E-state index is 0.231. The van der Waals surface area contributed by atoms with Gasteiger partial charge >= 0.3 is 0 Å². The van der Waals surface area contributed by atoms with Crippen LogP contribution in [0.3, 0.4) is 0 Å². The fraction of sp³-hybridized carbons (Fsp3) is 0.514. The average Bonchev–Trinajstić information content (AvgIpc) is 3.10. The Morgan fingerprint density at radius 3 is 0.854 bits per heavy atom. The third-order valence-corrected chi connectivity index (χ3v) is 6.82. The molecular weight excluding hydrogens is 626 g/mol. The molecule has 48 heavy (non-hydrogen) atoms. The molecule has 0 saturated heterocycles. The molecule has 2 aromatic carbocycles. The first-order chi connectivity index (χ1) is 23.8. The van der Waals surface area contributed by atoms with Gasteiger partial charge in [-0.05, 0) is 12.1 Å². The van der Waals surface area contributed by atoms with Crippen molar-refractivity contribution in [2.24, 2.45) is 0 Å². The molecule has 0 atom stereocenters. The van der Waals surface area contributed by atoms with E-state index in [4.69, 9.17) is 61.8 Å². The summed E-state index contributed by atoms with van der Waals surface area (Å²) in [5.41, 5.74) is 1.47. The highest BCUT2D eigenvalue weighted by atomic mass is 16.6. The number of benzene rings is 2. The molecule has 0 unspecified atom stereocenters. The molecule has 2 aliphatic rings. The molecule has 13 heteroatoms. The van der Waals surface area contributed by atoms with Crippen molar-refractivity contribution >= 4 is 0 Å². The standard InChI is InChI=1S/C35H45NO12/c1-2-28-26-47-34-22-30-20-31(23-34)44-17-13-40-9-5-38-7-11-42-15-19-46-33-21-32(24-35(25-33)48-27-29(3-1)36-28)45-18-14-41-10-6-37-4-8-39-12-16-43-30/h1-3,20-25H,4-19,26-27H2. The summed E-state index contributed by atoms with van der Waals surface area (Å²) in [5.74, 6) is 3.52. The largest absolute Gasteiger partial charge is 0.491 e. The number of pyridine rings is 1. The second kappa shape index (κ2) is 21.2. The molecule has 0 saturated carbocycles. The maximum Gasteiger partial charge on any atom is 0.130 e. The number of hydrogen-bond acceptors (Lipinski definition) is 13. The van der Waals surface area contributed by atoms with Crippen LogP contribution in [0.4, 0.5) is 0 Å². The third-order valence-electron chi connectivity index (χ3n) is 6.82. The predicted molar refractivity (Wildman–Crippen MR) is 173 cm³/mol. The average molecular weight is 672 g/mol. The van der Waals surface area contributed by atoms with Crippen LogP contribution >= 0.6 is 0 Å². The van der Waals surface area contributed by atoms with E-state index in [0.29, 0.717) is 140 Å². The van der Waals surface area contributed by atoms with Crippen molar-refractivity contribution in [3.63, 3.8) is 0 Å². The molecular formula is C35H45NO12. The van der Waals surface area contributed by atoms with Crippen molar-refractivity contribution < 1.29 is 56.8 Å². The van der Waals surface area contributed by atoms with Gasteiger partial charge in [0.25, 0.3) is 0 Å². The first-order valence-corrected chi connectivity index (χ1v) is 16.3. The number of aromatic nitrogens is 1. The third kappa shape index (κ3) is 13.7. The lowest BCUT2D eigenvalue weighted by Gasteiger charge is -2.15. The lowest BCUT2D eigenvalue weighted by atomic mass is 10.3. The summed E-state index contributed by atoms with van der Waals surface area (Å²) in [7, 11) is 0. The Balaban J connectivity index is 1.33. The van der Waals surface area contributed by atoms with Crippen molar-refractivity contribution in [3.8, 4) is 34.5 Å². The Hall–Kier alpha value is -3.85. The van der Waals surface area contributed by atoms with Gasteiger partial charge in [0, 0.05) is 36.4 Å². The summed E-state index contributed by atoms with van der Waals surface area (Å²) in [4.78, 5) is 4.74. The molecule has 2 aliphatic heterocycles. The number of hydrogen-bond donors (Lipinski definition) is 0. The van der Waals surface area contributed by atoms with E-state index in [1.165, 1.54) is 0 Å². The van der Waals surface area contributed by atoms with Crippen LogP contribution in [0.25, 0.3) is 0 Å². The van der Waals surface area contributed by atoms with Gasteiger partial charge in [-0.25, -0.2) is 0 Å². The van der Waals surface area contributed by atoms with Gasteiger partial charge in [-0.3, -0.25) is 4.98 Å². The van der Waals surface area contributed by atoms with Gasteiger partial charge in [0.1, 0.15) is 74.1 Å². The predicted octanol–water partition coefficient (Wildman–Crippen LogP) is 3.88. The lowest BCUT2D eigenvalue weighted by Crippen LogP contribution is -2.15. The maximum atomic E-state index is 6.14. The van der Waals surface area contributed by atoms with Gasteiger partial charge in [0.2, 0.25) is 0 Å². The van der Waals surface area contributed by atoms with E-state index >= 15 is 0 Å². The summed E-state index contributed by atoms with van der Waals surface area (Å²) >= 11 is 0. The van der Waals surface area contributed by atoms with Gasteiger partial charge in [-0.1, -0.05) is 6.07 Å². The number of nitrogens with zero attached hydrogens (tertiary/aromatic N) is 1. The van der Waals surface area contributed by atoms with Gasteiger partial charge in [0.15, 0.2) is 0 Å². The fourth-order valence-electron chi connectivity index (χ4n) is 4.55. The summed E-state index contributed by atoms with van der Waals surface area (Å²) in [5, 5.41) is 0. The van der Waals surface area contributed by atoms with Crippen molar-refractivity contribution in [3.05, 3.63) is 66.0 Å². The molecule has 8 bridgehead atoms. The van der Waals surface area contributed by atoms with Crippen LogP contribution in [0.1, 0.15) is 11.4 Å². The number of rotatable bonds is 0. The van der Waals surface area contributed by atoms with E-state index in [0.717, 1.165) is 11.4 Å². The molecule has 5 rings (SSSR count). The molecule has 1 aromatic heterocycles. The van der Waals surface area contributed by atoms with E-state index in [2.05, 4.69) is 0 Å². The SMILES string of the molecule is c1cc2nc(c1)COc1cc3cc(c1)OCCOCCOCCOCCOc1cc(cc(c1)OC2)OCCOCCOCCOCCO3. The second-order valence-corrected chi connectivity index (χ2v) is 10.5. The van der Waals surface area contributed by atoms with Gasteiger partial charge < -0.3 is 56.8 Å². The molecule has 3 heterocycles. The molecule has 262 valence electrons. The smallest absolute Gasteiger partial charge is 0.130 e. The van der Waals surface area contributed by atoms with Crippen molar-refractivity contribution in [2.45, 2.75) is 13.2 Å². The summed E-state index contributed by atoms with van der Waals surface area (Å²) in [6.45, 7) is 6.99. The van der Waals surface area contributed by atoms with E-state index in [-0.39, 0.29) is 13.2 Å². The van der Waals surface area contributed by atoms with Crippen molar-refractivity contribution in [2.75, 3.05) is 106 Å². The van der Waals surface area contributed by atoms with E-state index < -0.39 is 0 Å². The summed E-state index contributed by atoms with van der Waals surface area (Å²) < 4.78 is 70.0. The van der Waals surface area contributed by atoms with Crippen LogP contribution in [0.5, 0.6) is 34.5 Å². The van der Waals surface area contributed by atoms with Crippen molar-refractivity contribution in [1.82, 2.24) is 4.98 Å². The fourth-order valence-corrected chi connectivity index (χ4v) is 4.55. The Bertz CT molecular complexity index is 1180. The molecule has 3 aromatic rings. The molecule has 0 N–H and O–H groups in total. The monoisotopic (exact) mass is 671 g/mol. The minimum atomic E-state index is 0.231. The topological polar surface area (TPSA) is 124 Å². The number of ether oxygens (including phenoxy) is 12. The summed E-state index contributed by atoms with van der Waals surface area (Å²) in [6, 6.07) is 16.6. The van der Waals surface area contributed by atoms with Crippen LogP contribution in [0, 0.1) is 0 Å². The molecule has 13 nitrogen and oxygen atoms in total. The zero-order valence-corrected chi connectivity index (χ0v) is 27.3. The minimum Gasteiger partial charge on any atom is -0.491 e. The molecule has 0 spiro atoms. The second-order valence-electron chi connectivity index (χ2n) is 10.5. The van der Waals surface area contributed by atoms with E-state index in [1.54, 1.807) is 0 Å². The quantitative estimate of drug-likeness (QED) is 0.344. The summed E-state index contributed by atoms with van der Waals surface area (Å²) in [6.07, 6.45) is 0. The van der Waals surface area contributed by atoms with Crippen LogP contribution in [-0.2, 0) is 41.6 Å². The highest BCUT2D eigenvalue weighted by molar-refractivity contribution is 5.43. The molecule has 0 fully saturated rings. The number of fused-ring (bicyclic) bond motifs is 6. The van der Waals surface area contributed by atoms with Crippen LogP contribution in [0.15, 0.2) is 54.6 Å². The van der Waals surface area contributed by atoms with Crippen LogP contribution in [-0.4, -0.2) is 111 Å². The zero-order chi connectivity index (χ0) is 32.9. The van der Waals surface area contributed by atoms with E-state index in [1.807, 2.05) is 54.6 Å². The first kappa shape index (κ1) is 35.5.